The monoisotopic (exact) mass is 290 g/mol. The van der Waals surface area contributed by atoms with Crippen LogP contribution in [-0.2, 0) is 10.2 Å². The highest BCUT2D eigenvalue weighted by atomic mass is 32.2. The van der Waals surface area contributed by atoms with Gasteiger partial charge in [0.05, 0.1) is 6.04 Å². The summed E-state index contributed by atoms with van der Waals surface area (Å²) in [6.07, 6.45) is 4.61. The van der Waals surface area contributed by atoms with Crippen LogP contribution < -0.4 is 10.5 Å². The molecule has 8 heteroatoms. The number of rotatable bonds is 5. The summed E-state index contributed by atoms with van der Waals surface area (Å²) in [5.74, 6) is 0.0847. The molecule has 19 heavy (non-hydrogen) atoms. The van der Waals surface area contributed by atoms with E-state index in [2.05, 4.69) is 9.88 Å². The minimum Gasteiger partial charge on any atom is -0.409 e. The summed E-state index contributed by atoms with van der Waals surface area (Å²) in [5.41, 5.74) is 5.58. The Hall–Kier alpha value is -0.860. The normalized spacial score (nSPS) is 28.3. The maximum Gasteiger partial charge on any atom is 0.280 e. The molecule has 1 aliphatic carbocycles. The van der Waals surface area contributed by atoms with E-state index in [1.54, 1.807) is 0 Å². The molecular formula is C11H22N4O3S. The van der Waals surface area contributed by atoms with Gasteiger partial charge in [-0.3, -0.25) is 0 Å². The van der Waals surface area contributed by atoms with Crippen molar-refractivity contribution in [2.45, 2.75) is 51.1 Å². The minimum absolute atomic E-state index is 0.00149. The maximum atomic E-state index is 12.4. The summed E-state index contributed by atoms with van der Waals surface area (Å²) in [6, 6.07) is -0.595. The van der Waals surface area contributed by atoms with Crippen molar-refractivity contribution in [2.75, 3.05) is 6.54 Å². The topological polar surface area (TPSA) is 108 Å². The molecule has 1 heterocycles. The van der Waals surface area contributed by atoms with Crippen LogP contribution in [0.5, 0.6) is 0 Å². The van der Waals surface area contributed by atoms with Gasteiger partial charge in [0.2, 0.25) is 0 Å². The zero-order chi connectivity index (χ0) is 14.0. The first kappa shape index (κ1) is 14.5. The molecular weight excluding hydrogens is 268 g/mol. The van der Waals surface area contributed by atoms with E-state index in [-0.39, 0.29) is 17.8 Å². The second-order valence-corrected chi connectivity index (χ2v) is 7.07. The van der Waals surface area contributed by atoms with Crippen LogP contribution in [0.3, 0.4) is 0 Å². The Morgan fingerprint density at radius 1 is 1.42 bits per heavy atom. The fourth-order valence-corrected chi connectivity index (χ4v) is 4.26. The molecule has 7 nitrogen and oxygen atoms in total. The molecule has 1 aliphatic heterocycles. The minimum atomic E-state index is -3.58. The van der Waals surface area contributed by atoms with Gasteiger partial charge >= 0.3 is 0 Å². The first-order chi connectivity index (χ1) is 8.95. The number of nitrogens with one attached hydrogen (secondary N) is 1. The molecule has 110 valence electrons. The first-order valence-corrected chi connectivity index (χ1v) is 8.16. The van der Waals surface area contributed by atoms with Gasteiger partial charge in [0.1, 0.15) is 0 Å². The second kappa shape index (κ2) is 5.64. The van der Waals surface area contributed by atoms with Crippen LogP contribution >= 0.6 is 0 Å². The number of nitrogens with two attached hydrogens (primary N) is 1. The molecule has 2 fully saturated rings. The van der Waals surface area contributed by atoms with Crippen molar-refractivity contribution in [1.82, 2.24) is 9.03 Å². The number of hydrogen-bond donors (Lipinski definition) is 3. The molecule has 2 atom stereocenters. The lowest BCUT2D eigenvalue weighted by Crippen LogP contribution is -2.54. The van der Waals surface area contributed by atoms with Gasteiger partial charge in [-0.2, -0.15) is 17.4 Å². The Morgan fingerprint density at radius 2 is 2.11 bits per heavy atom. The Kier molecular flexibility index (Phi) is 4.32. The molecule has 0 aromatic heterocycles. The first-order valence-electron chi connectivity index (χ1n) is 6.72. The molecule has 2 unspecified atom stereocenters. The van der Waals surface area contributed by atoms with E-state index in [9.17, 15) is 8.42 Å². The standard InChI is InChI=1S/C11H22N4O3S/c1-8-4-2-3-7-15(8)19(17,18)14-10(9-5-6-9)11(12)13-16/h8-10,14,16H,2-7H2,1H3,(H2,12,13). The predicted octanol–water partition coefficient (Wildman–Crippen LogP) is 0.220. The Labute approximate surface area is 114 Å². The van der Waals surface area contributed by atoms with Gasteiger partial charge in [-0.05, 0) is 38.5 Å². The van der Waals surface area contributed by atoms with Gasteiger partial charge in [-0.25, -0.2) is 0 Å². The van der Waals surface area contributed by atoms with Crippen LogP contribution in [0.4, 0.5) is 0 Å². The third-order valence-corrected chi connectivity index (χ3v) is 5.57. The molecule has 0 spiro atoms. The zero-order valence-corrected chi connectivity index (χ0v) is 11.9. The number of oxime groups is 1. The molecule has 0 amide bonds. The van der Waals surface area contributed by atoms with Crippen LogP contribution in [0.25, 0.3) is 0 Å². The fraction of sp³-hybridized carbons (Fsp3) is 0.909. The zero-order valence-electron chi connectivity index (χ0n) is 11.1. The third-order valence-electron chi connectivity index (χ3n) is 3.85. The number of hydrogen-bond acceptors (Lipinski definition) is 4. The largest absolute Gasteiger partial charge is 0.409 e. The quantitative estimate of drug-likeness (QED) is 0.291. The summed E-state index contributed by atoms with van der Waals surface area (Å²) >= 11 is 0. The van der Waals surface area contributed by atoms with Crippen molar-refractivity contribution in [2.24, 2.45) is 16.8 Å². The van der Waals surface area contributed by atoms with Crippen molar-refractivity contribution >= 4 is 16.0 Å². The molecule has 2 rings (SSSR count). The molecule has 0 bridgehead atoms. The van der Waals surface area contributed by atoms with Gasteiger partial charge in [0.15, 0.2) is 5.84 Å². The van der Waals surface area contributed by atoms with Crippen molar-refractivity contribution in [1.29, 1.82) is 0 Å². The van der Waals surface area contributed by atoms with Crippen LogP contribution in [-0.4, -0.2) is 42.4 Å². The lowest BCUT2D eigenvalue weighted by Gasteiger charge is -2.33. The van der Waals surface area contributed by atoms with Crippen LogP contribution in [0, 0.1) is 5.92 Å². The highest BCUT2D eigenvalue weighted by molar-refractivity contribution is 7.87. The summed E-state index contributed by atoms with van der Waals surface area (Å²) in [6.45, 7) is 2.44. The number of nitrogens with zero attached hydrogens (tertiary/aromatic N) is 2. The Bertz CT molecular complexity index is 447. The van der Waals surface area contributed by atoms with E-state index in [4.69, 9.17) is 10.9 Å². The predicted molar refractivity (Wildman–Crippen MR) is 72.0 cm³/mol. The summed E-state index contributed by atoms with van der Waals surface area (Å²) < 4.78 is 28.8. The van der Waals surface area contributed by atoms with Crippen LogP contribution in [0.15, 0.2) is 5.16 Å². The van der Waals surface area contributed by atoms with E-state index < -0.39 is 16.3 Å². The van der Waals surface area contributed by atoms with Gasteiger partial charge in [-0.15, -0.1) is 0 Å². The highest BCUT2D eigenvalue weighted by Gasteiger charge is 2.39. The van der Waals surface area contributed by atoms with Crippen molar-refractivity contribution in [3.05, 3.63) is 0 Å². The fourth-order valence-electron chi connectivity index (χ4n) is 2.55. The summed E-state index contributed by atoms with van der Waals surface area (Å²) in [5, 5.41) is 11.7. The highest BCUT2D eigenvalue weighted by Crippen LogP contribution is 2.33. The van der Waals surface area contributed by atoms with Crippen molar-refractivity contribution < 1.29 is 13.6 Å². The van der Waals surface area contributed by atoms with E-state index in [1.165, 1.54) is 4.31 Å². The van der Waals surface area contributed by atoms with Gasteiger partial charge in [0, 0.05) is 12.6 Å². The smallest absolute Gasteiger partial charge is 0.280 e. The average molecular weight is 290 g/mol. The molecule has 0 aromatic rings. The molecule has 1 saturated carbocycles. The van der Waals surface area contributed by atoms with Crippen molar-refractivity contribution in [3.63, 3.8) is 0 Å². The average Bonchev–Trinajstić information content (AvgIpc) is 3.19. The molecule has 2 aliphatic rings. The Balaban J connectivity index is 2.10. The molecule has 0 aromatic carbocycles. The number of piperidine rings is 1. The second-order valence-electron chi connectivity index (χ2n) is 5.42. The van der Waals surface area contributed by atoms with Gasteiger partial charge in [-0.1, -0.05) is 11.6 Å². The molecule has 1 saturated heterocycles. The maximum absolute atomic E-state index is 12.4. The van der Waals surface area contributed by atoms with E-state index in [1.807, 2.05) is 6.92 Å². The van der Waals surface area contributed by atoms with Crippen molar-refractivity contribution in [3.8, 4) is 0 Å². The van der Waals surface area contributed by atoms with Crippen LogP contribution in [0.1, 0.15) is 39.0 Å². The lowest BCUT2D eigenvalue weighted by atomic mass is 10.1. The van der Waals surface area contributed by atoms with E-state index in [0.717, 1.165) is 32.1 Å². The molecule has 0 radical (unpaired) electrons. The van der Waals surface area contributed by atoms with E-state index >= 15 is 0 Å². The Morgan fingerprint density at radius 3 is 2.63 bits per heavy atom. The van der Waals surface area contributed by atoms with Gasteiger partial charge < -0.3 is 10.9 Å². The number of amidine groups is 1. The van der Waals surface area contributed by atoms with Crippen LogP contribution in [0.2, 0.25) is 0 Å². The van der Waals surface area contributed by atoms with Gasteiger partial charge in [0.25, 0.3) is 10.2 Å². The molecule has 4 N–H and O–H groups in total. The summed E-state index contributed by atoms with van der Waals surface area (Å²) in [7, 11) is -3.58. The van der Waals surface area contributed by atoms with E-state index in [0.29, 0.717) is 6.54 Å². The summed E-state index contributed by atoms with van der Waals surface area (Å²) in [4.78, 5) is 0. The SMILES string of the molecule is CC1CCCCN1S(=O)(=O)NC(C(N)=NO)C1CC1. The lowest BCUT2D eigenvalue weighted by molar-refractivity contribution is 0.264. The third kappa shape index (κ3) is 3.37.